The molecule has 1 amide bonds. The molecule has 0 fully saturated rings. The Kier molecular flexibility index (Phi) is 8.22. The molecule has 0 aliphatic heterocycles. The summed E-state index contributed by atoms with van der Waals surface area (Å²) >= 11 is 12.0. The van der Waals surface area contributed by atoms with Gasteiger partial charge in [0.05, 0.1) is 30.4 Å². The van der Waals surface area contributed by atoms with Crippen molar-refractivity contribution in [2.75, 3.05) is 19.8 Å². The molecule has 0 aliphatic rings. The van der Waals surface area contributed by atoms with Gasteiger partial charge in [0.15, 0.2) is 0 Å². The van der Waals surface area contributed by atoms with E-state index in [-0.39, 0.29) is 5.91 Å². The highest BCUT2D eigenvalue weighted by molar-refractivity contribution is 6.35. The Morgan fingerprint density at radius 1 is 1.04 bits per heavy atom. The summed E-state index contributed by atoms with van der Waals surface area (Å²) in [6, 6.07) is 12.7. The fourth-order valence-corrected chi connectivity index (χ4v) is 2.61. The van der Waals surface area contributed by atoms with Gasteiger partial charge in [0.25, 0.3) is 5.91 Å². The van der Waals surface area contributed by atoms with Crippen molar-refractivity contribution in [3.63, 3.8) is 0 Å². The molecule has 0 heterocycles. The predicted molar refractivity (Wildman–Crippen MR) is 100 cm³/mol. The number of nitrogens with one attached hydrogen (secondary N) is 1. The molecule has 134 valence electrons. The first-order valence-corrected chi connectivity index (χ1v) is 8.82. The van der Waals surface area contributed by atoms with Crippen molar-refractivity contribution in [2.45, 2.75) is 20.1 Å². The van der Waals surface area contributed by atoms with Crippen LogP contribution in [0.2, 0.25) is 10.0 Å². The zero-order valence-corrected chi connectivity index (χ0v) is 15.6. The maximum absolute atomic E-state index is 12.3. The fourth-order valence-electron chi connectivity index (χ4n) is 2.23. The summed E-state index contributed by atoms with van der Waals surface area (Å²) in [6.45, 7) is 4.70. The van der Waals surface area contributed by atoms with Crippen LogP contribution in [0.1, 0.15) is 28.4 Å². The fraction of sp³-hybridized carbons (Fsp3) is 0.316. The van der Waals surface area contributed by atoms with Gasteiger partial charge in [-0.3, -0.25) is 4.79 Å². The Bertz CT molecular complexity index is 707. The quantitative estimate of drug-likeness (QED) is 0.651. The van der Waals surface area contributed by atoms with Crippen LogP contribution in [0.3, 0.4) is 0 Å². The van der Waals surface area contributed by atoms with E-state index in [9.17, 15) is 4.79 Å². The van der Waals surface area contributed by atoms with Gasteiger partial charge in [0, 0.05) is 18.2 Å². The lowest BCUT2D eigenvalue weighted by Gasteiger charge is -2.09. The van der Waals surface area contributed by atoms with Gasteiger partial charge in [-0.2, -0.15) is 0 Å². The normalized spacial score (nSPS) is 10.7. The molecule has 0 bridgehead atoms. The van der Waals surface area contributed by atoms with Gasteiger partial charge in [-0.15, -0.1) is 0 Å². The minimum absolute atomic E-state index is 0.258. The molecule has 6 heteroatoms. The summed E-state index contributed by atoms with van der Waals surface area (Å²) in [5, 5.41) is 3.70. The van der Waals surface area contributed by atoms with Gasteiger partial charge in [-0.1, -0.05) is 47.5 Å². The summed E-state index contributed by atoms with van der Waals surface area (Å²) in [5.74, 6) is -0.258. The van der Waals surface area contributed by atoms with E-state index in [2.05, 4.69) is 5.32 Å². The highest BCUT2D eigenvalue weighted by Gasteiger charge is 2.10. The highest BCUT2D eigenvalue weighted by atomic mass is 35.5. The van der Waals surface area contributed by atoms with Crippen LogP contribution in [0.5, 0.6) is 0 Å². The van der Waals surface area contributed by atoms with Gasteiger partial charge in [-0.25, -0.2) is 0 Å². The monoisotopic (exact) mass is 381 g/mol. The maximum atomic E-state index is 12.3. The second-order valence-electron chi connectivity index (χ2n) is 5.38. The molecule has 0 radical (unpaired) electrons. The van der Waals surface area contributed by atoms with Crippen LogP contribution in [0, 0.1) is 0 Å². The van der Waals surface area contributed by atoms with Gasteiger partial charge >= 0.3 is 0 Å². The van der Waals surface area contributed by atoms with Gasteiger partial charge in [0.1, 0.15) is 0 Å². The number of hydrogen-bond acceptors (Lipinski definition) is 3. The Hall–Kier alpha value is -1.59. The van der Waals surface area contributed by atoms with Gasteiger partial charge in [-0.05, 0) is 36.2 Å². The number of benzene rings is 2. The molecular formula is C19H21Cl2NO3. The molecular weight excluding hydrogens is 361 g/mol. The smallest absolute Gasteiger partial charge is 0.253 e. The molecule has 4 nitrogen and oxygen atoms in total. The molecule has 0 spiro atoms. The summed E-state index contributed by atoms with van der Waals surface area (Å²) in [5.41, 5.74) is 2.39. The van der Waals surface area contributed by atoms with Crippen LogP contribution in [0.25, 0.3) is 0 Å². The van der Waals surface area contributed by atoms with Crippen LogP contribution < -0.4 is 5.32 Å². The average Bonchev–Trinajstić information content (AvgIpc) is 2.62. The van der Waals surface area contributed by atoms with E-state index >= 15 is 0 Å². The third-order valence-electron chi connectivity index (χ3n) is 3.46. The number of hydrogen-bond donors (Lipinski definition) is 1. The van der Waals surface area contributed by atoms with Crippen molar-refractivity contribution < 1.29 is 14.3 Å². The molecule has 0 saturated heterocycles. The van der Waals surface area contributed by atoms with Crippen molar-refractivity contribution in [3.05, 3.63) is 69.2 Å². The SMILES string of the molecule is CCOCCOCc1cccc(CNC(=O)c2cc(Cl)ccc2Cl)c1. The average molecular weight is 382 g/mol. The number of ether oxygens (including phenoxy) is 2. The van der Waals surface area contributed by atoms with Crippen molar-refractivity contribution in [1.29, 1.82) is 0 Å². The summed E-state index contributed by atoms with van der Waals surface area (Å²) in [7, 11) is 0. The van der Waals surface area contributed by atoms with Crippen molar-refractivity contribution in [3.8, 4) is 0 Å². The van der Waals surface area contributed by atoms with E-state index in [1.54, 1.807) is 18.2 Å². The first kappa shape index (κ1) is 19.7. The second-order valence-corrected chi connectivity index (χ2v) is 6.22. The van der Waals surface area contributed by atoms with Crippen molar-refractivity contribution >= 4 is 29.1 Å². The Morgan fingerprint density at radius 2 is 1.80 bits per heavy atom. The Morgan fingerprint density at radius 3 is 2.60 bits per heavy atom. The van der Waals surface area contributed by atoms with E-state index in [1.807, 2.05) is 31.2 Å². The highest BCUT2D eigenvalue weighted by Crippen LogP contribution is 2.20. The Labute approximate surface area is 158 Å². The maximum Gasteiger partial charge on any atom is 0.253 e. The largest absolute Gasteiger partial charge is 0.379 e. The topological polar surface area (TPSA) is 47.6 Å². The number of amides is 1. The van der Waals surface area contributed by atoms with E-state index in [0.717, 1.165) is 11.1 Å². The van der Waals surface area contributed by atoms with E-state index < -0.39 is 0 Å². The van der Waals surface area contributed by atoms with E-state index in [1.165, 1.54) is 0 Å². The van der Waals surface area contributed by atoms with Crippen molar-refractivity contribution in [1.82, 2.24) is 5.32 Å². The van der Waals surface area contributed by atoms with Gasteiger partial charge in [0.2, 0.25) is 0 Å². The lowest BCUT2D eigenvalue weighted by Crippen LogP contribution is -2.23. The summed E-state index contributed by atoms with van der Waals surface area (Å²) < 4.78 is 10.8. The zero-order chi connectivity index (χ0) is 18.1. The van der Waals surface area contributed by atoms with Crippen LogP contribution in [0.4, 0.5) is 0 Å². The molecule has 0 unspecified atom stereocenters. The molecule has 2 aromatic carbocycles. The third kappa shape index (κ3) is 6.67. The third-order valence-corrected chi connectivity index (χ3v) is 4.03. The van der Waals surface area contributed by atoms with Crippen LogP contribution in [-0.4, -0.2) is 25.7 Å². The molecule has 0 atom stereocenters. The molecule has 2 aromatic rings. The summed E-state index contributed by atoms with van der Waals surface area (Å²) in [4.78, 5) is 12.3. The molecule has 0 aliphatic carbocycles. The summed E-state index contributed by atoms with van der Waals surface area (Å²) in [6.07, 6.45) is 0. The number of carbonyl (C=O) groups excluding carboxylic acids is 1. The Balaban J connectivity index is 1.87. The molecule has 1 N–H and O–H groups in total. The molecule has 2 rings (SSSR count). The number of rotatable bonds is 9. The molecule has 0 saturated carbocycles. The number of carbonyl (C=O) groups is 1. The van der Waals surface area contributed by atoms with Gasteiger partial charge < -0.3 is 14.8 Å². The zero-order valence-electron chi connectivity index (χ0n) is 14.1. The first-order valence-electron chi connectivity index (χ1n) is 8.06. The van der Waals surface area contributed by atoms with Crippen molar-refractivity contribution in [2.24, 2.45) is 0 Å². The standard InChI is InChI=1S/C19H21Cl2NO3/c1-2-24-8-9-25-13-15-5-3-4-14(10-15)12-22-19(23)17-11-16(20)6-7-18(17)21/h3-7,10-11H,2,8-9,12-13H2,1H3,(H,22,23). The second kappa shape index (κ2) is 10.4. The van der Waals surface area contributed by atoms with E-state index in [4.69, 9.17) is 32.7 Å². The molecule has 0 aromatic heterocycles. The lowest BCUT2D eigenvalue weighted by atomic mass is 10.1. The van der Waals surface area contributed by atoms with Crippen LogP contribution >= 0.6 is 23.2 Å². The first-order chi connectivity index (χ1) is 12.1. The predicted octanol–water partition coefficient (Wildman–Crippen LogP) is 4.48. The lowest BCUT2D eigenvalue weighted by molar-refractivity contribution is 0.0453. The molecule has 25 heavy (non-hydrogen) atoms. The minimum atomic E-state index is -0.258. The minimum Gasteiger partial charge on any atom is -0.379 e. The van der Waals surface area contributed by atoms with Crippen LogP contribution in [-0.2, 0) is 22.6 Å². The van der Waals surface area contributed by atoms with Crippen LogP contribution in [0.15, 0.2) is 42.5 Å². The number of halogens is 2. The van der Waals surface area contributed by atoms with E-state index in [0.29, 0.717) is 48.6 Å².